The molecule has 0 fully saturated rings. The van der Waals surface area contributed by atoms with Gasteiger partial charge < -0.3 is 9.47 Å². The van der Waals surface area contributed by atoms with Crippen LogP contribution in [0.1, 0.15) is 20.8 Å². The van der Waals surface area contributed by atoms with Gasteiger partial charge in [0.2, 0.25) is 0 Å². The first-order chi connectivity index (χ1) is 13.7. The van der Waals surface area contributed by atoms with Crippen LogP contribution in [0, 0.1) is 0 Å². The Morgan fingerprint density at radius 1 is 1.13 bits per heavy atom. The van der Waals surface area contributed by atoms with Crippen molar-refractivity contribution in [1.29, 1.82) is 0 Å². The van der Waals surface area contributed by atoms with Crippen molar-refractivity contribution in [2.45, 2.75) is 36.8 Å². The molecule has 0 aliphatic carbocycles. The third-order valence-electron chi connectivity index (χ3n) is 4.19. The topological polar surface area (TPSA) is 82.8 Å². The van der Waals surface area contributed by atoms with Crippen LogP contribution in [0.15, 0.2) is 35.5 Å². The van der Waals surface area contributed by atoms with Crippen LogP contribution in [0.25, 0.3) is 17.0 Å². The third kappa shape index (κ3) is 4.04. The number of hydrogen-bond donors (Lipinski definition) is 0. The van der Waals surface area contributed by atoms with Crippen molar-refractivity contribution >= 4 is 27.1 Å². The standard InChI is InChI=1S/C18H17ClF3N3O4S/c1-17(2,3)30(26,27)14-9-25-11(8-23-15(25)7-13(14)28-4)10-5-6-12(16(19)24-10)29-18(20,21)22/h5-9H,1-4H3. The number of imidazole rings is 1. The minimum atomic E-state index is -4.91. The molecular formula is C18H17ClF3N3O4S. The summed E-state index contributed by atoms with van der Waals surface area (Å²) in [5, 5.41) is -0.504. The second-order valence-electron chi connectivity index (χ2n) is 7.23. The number of pyridine rings is 2. The molecule has 0 aliphatic rings. The molecule has 0 amide bonds. The number of aromatic nitrogens is 3. The molecule has 0 aliphatic heterocycles. The number of alkyl halides is 3. The highest BCUT2D eigenvalue weighted by molar-refractivity contribution is 7.92. The van der Waals surface area contributed by atoms with Gasteiger partial charge in [-0.15, -0.1) is 13.2 Å². The fourth-order valence-corrected chi connectivity index (χ4v) is 4.14. The van der Waals surface area contributed by atoms with Gasteiger partial charge in [0.15, 0.2) is 20.7 Å². The number of sulfone groups is 1. The van der Waals surface area contributed by atoms with E-state index in [1.54, 1.807) is 20.8 Å². The van der Waals surface area contributed by atoms with E-state index in [4.69, 9.17) is 16.3 Å². The van der Waals surface area contributed by atoms with Gasteiger partial charge >= 0.3 is 6.36 Å². The van der Waals surface area contributed by atoms with Gasteiger partial charge in [0.1, 0.15) is 16.3 Å². The lowest BCUT2D eigenvalue weighted by Crippen LogP contribution is -2.28. The summed E-state index contributed by atoms with van der Waals surface area (Å²) in [5.74, 6) is -0.533. The summed E-state index contributed by atoms with van der Waals surface area (Å²) < 4.78 is 72.7. The minimum Gasteiger partial charge on any atom is -0.495 e. The lowest BCUT2D eigenvalue weighted by molar-refractivity contribution is -0.274. The molecule has 0 saturated heterocycles. The van der Waals surface area contributed by atoms with Gasteiger partial charge in [-0.1, -0.05) is 11.6 Å². The van der Waals surface area contributed by atoms with Crippen molar-refractivity contribution in [1.82, 2.24) is 14.4 Å². The molecule has 0 spiro atoms. The largest absolute Gasteiger partial charge is 0.573 e. The van der Waals surface area contributed by atoms with Crippen LogP contribution in [0.2, 0.25) is 5.15 Å². The molecule has 3 rings (SSSR count). The Morgan fingerprint density at radius 3 is 2.33 bits per heavy atom. The van der Waals surface area contributed by atoms with Crippen molar-refractivity contribution in [3.05, 3.63) is 35.7 Å². The highest BCUT2D eigenvalue weighted by Gasteiger charge is 2.35. The molecule has 0 saturated carbocycles. The Labute approximate surface area is 175 Å². The first-order valence-corrected chi connectivity index (χ1v) is 10.3. The Morgan fingerprint density at radius 2 is 1.80 bits per heavy atom. The predicted molar refractivity (Wildman–Crippen MR) is 104 cm³/mol. The smallest absolute Gasteiger partial charge is 0.495 e. The fraction of sp³-hybridized carbons (Fsp3) is 0.333. The molecule has 0 bridgehead atoms. The summed E-state index contributed by atoms with van der Waals surface area (Å²) in [4.78, 5) is 8.06. The molecule has 0 atom stereocenters. The van der Waals surface area contributed by atoms with Crippen LogP contribution >= 0.6 is 11.6 Å². The first kappa shape index (κ1) is 22.2. The Hall–Kier alpha value is -2.53. The van der Waals surface area contributed by atoms with Crippen molar-refractivity contribution < 1.29 is 31.1 Å². The Balaban J connectivity index is 2.18. The van der Waals surface area contributed by atoms with E-state index in [1.165, 1.54) is 36.0 Å². The van der Waals surface area contributed by atoms with Crippen molar-refractivity contribution in [2.24, 2.45) is 0 Å². The van der Waals surface area contributed by atoms with Gasteiger partial charge in [-0.2, -0.15) is 0 Å². The van der Waals surface area contributed by atoms with E-state index in [9.17, 15) is 21.6 Å². The van der Waals surface area contributed by atoms with Gasteiger partial charge in [0.05, 0.1) is 29.4 Å². The molecule has 30 heavy (non-hydrogen) atoms. The molecule has 7 nitrogen and oxygen atoms in total. The van der Waals surface area contributed by atoms with E-state index in [-0.39, 0.29) is 16.3 Å². The maximum atomic E-state index is 13.0. The van der Waals surface area contributed by atoms with E-state index in [2.05, 4.69) is 14.7 Å². The number of hydrogen-bond acceptors (Lipinski definition) is 6. The highest BCUT2D eigenvalue weighted by Crippen LogP contribution is 2.35. The highest BCUT2D eigenvalue weighted by atomic mass is 35.5. The predicted octanol–water partition coefficient (Wildman–Crippen LogP) is 4.53. The number of halogens is 4. The molecule has 0 unspecified atom stereocenters. The SMILES string of the molecule is COc1cc2ncc(-c3ccc(OC(F)(F)F)c(Cl)n3)n2cc1S(=O)(=O)C(C)(C)C. The maximum absolute atomic E-state index is 13.0. The summed E-state index contributed by atoms with van der Waals surface area (Å²) in [6, 6.07) is 3.73. The Bertz CT molecular complexity index is 1220. The van der Waals surface area contributed by atoms with Crippen molar-refractivity contribution in [3.8, 4) is 22.9 Å². The summed E-state index contributed by atoms with van der Waals surface area (Å²) in [7, 11) is -2.44. The number of ether oxygens (including phenoxy) is 2. The number of methoxy groups -OCH3 is 1. The fourth-order valence-electron chi connectivity index (χ4n) is 2.63. The first-order valence-electron chi connectivity index (χ1n) is 8.47. The summed E-state index contributed by atoms with van der Waals surface area (Å²) >= 11 is 5.83. The minimum absolute atomic E-state index is 0.0626. The molecular weight excluding hydrogens is 447 g/mol. The average Bonchev–Trinajstić information content (AvgIpc) is 3.03. The quantitative estimate of drug-likeness (QED) is 0.529. The monoisotopic (exact) mass is 463 g/mol. The van der Waals surface area contributed by atoms with Gasteiger partial charge in [-0.3, -0.25) is 4.40 Å². The molecule has 0 aromatic carbocycles. The molecule has 0 N–H and O–H groups in total. The van der Waals surface area contributed by atoms with E-state index in [0.29, 0.717) is 11.3 Å². The Kier molecular flexibility index (Phi) is 5.40. The molecule has 3 aromatic heterocycles. The lowest BCUT2D eigenvalue weighted by Gasteiger charge is -2.21. The zero-order valence-electron chi connectivity index (χ0n) is 16.3. The van der Waals surface area contributed by atoms with E-state index in [1.807, 2.05) is 0 Å². The van der Waals surface area contributed by atoms with Crippen LogP contribution < -0.4 is 9.47 Å². The molecule has 3 heterocycles. The maximum Gasteiger partial charge on any atom is 0.573 e. The van der Waals surface area contributed by atoms with E-state index < -0.39 is 31.8 Å². The van der Waals surface area contributed by atoms with Crippen LogP contribution in [-0.4, -0.2) is 41.0 Å². The molecule has 12 heteroatoms. The summed E-state index contributed by atoms with van der Waals surface area (Å²) in [6.07, 6.45) is -2.18. The van der Waals surface area contributed by atoms with Gasteiger partial charge in [0, 0.05) is 12.3 Å². The van der Waals surface area contributed by atoms with Gasteiger partial charge in [-0.25, -0.2) is 18.4 Å². The second kappa shape index (κ2) is 7.31. The van der Waals surface area contributed by atoms with Crippen molar-refractivity contribution in [3.63, 3.8) is 0 Å². The zero-order valence-corrected chi connectivity index (χ0v) is 17.9. The zero-order chi connectivity index (χ0) is 22.5. The molecule has 0 radical (unpaired) electrons. The number of nitrogens with zero attached hydrogens (tertiary/aromatic N) is 3. The normalized spacial score (nSPS) is 12.9. The van der Waals surface area contributed by atoms with E-state index in [0.717, 1.165) is 6.07 Å². The summed E-state index contributed by atoms with van der Waals surface area (Å²) in [5.41, 5.74) is 0.841. The van der Waals surface area contributed by atoms with Gasteiger partial charge in [-0.05, 0) is 32.9 Å². The molecule has 3 aromatic rings. The van der Waals surface area contributed by atoms with E-state index >= 15 is 0 Å². The second-order valence-corrected chi connectivity index (χ2v) is 10.3. The average molecular weight is 464 g/mol. The van der Waals surface area contributed by atoms with Gasteiger partial charge in [0.25, 0.3) is 0 Å². The van der Waals surface area contributed by atoms with Crippen LogP contribution in [0.4, 0.5) is 13.2 Å². The van der Waals surface area contributed by atoms with Crippen LogP contribution in [0.3, 0.4) is 0 Å². The number of rotatable bonds is 4. The lowest BCUT2D eigenvalue weighted by atomic mass is 10.3. The molecule has 162 valence electrons. The van der Waals surface area contributed by atoms with Crippen LogP contribution in [-0.2, 0) is 9.84 Å². The number of fused-ring (bicyclic) bond motifs is 1. The van der Waals surface area contributed by atoms with Crippen molar-refractivity contribution in [2.75, 3.05) is 7.11 Å². The third-order valence-corrected chi connectivity index (χ3v) is 6.96. The summed E-state index contributed by atoms with van der Waals surface area (Å²) in [6.45, 7) is 4.67. The van der Waals surface area contributed by atoms with Crippen LogP contribution in [0.5, 0.6) is 11.5 Å².